The summed E-state index contributed by atoms with van der Waals surface area (Å²) >= 11 is 0. The van der Waals surface area contributed by atoms with E-state index in [0.29, 0.717) is 17.8 Å². The van der Waals surface area contributed by atoms with Gasteiger partial charge >= 0.3 is 6.03 Å². The predicted molar refractivity (Wildman–Crippen MR) is 89.9 cm³/mol. The Balaban J connectivity index is 1.72. The van der Waals surface area contributed by atoms with Crippen molar-refractivity contribution in [3.8, 4) is 0 Å². The number of halogens is 2. The molecule has 2 amide bonds. The van der Waals surface area contributed by atoms with Crippen molar-refractivity contribution in [3.05, 3.63) is 65.7 Å². The van der Waals surface area contributed by atoms with Crippen molar-refractivity contribution in [2.24, 2.45) is 5.41 Å². The zero-order valence-electron chi connectivity index (χ0n) is 13.7. The SMILES string of the molecule is CC1(C)CC1(CNC(=O)Nc1ccccc1)c1ccc(F)cc1F. The van der Waals surface area contributed by atoms with Gasteiger partial charge in [0, 0.05) is 23.7 Å². The summed E-state index contributed by atoms with van der Waals surface area (Å²) in [7, 11) is 0. The number of carbonyl (C=O) groups is 1. The molecular formula is C19H20F2N2O. The number of rotatable bonds is 4. The Hall–Kier alpha value is -2.43. The Morgan fingerprint density at radius 1 is 1.12 bits per heavy atom. The van der Waals surface area contributed by atoms with E-state index >= 15 is 0 Å². The van der Waals surface area contributed by atoms with Crippen LogP contribution in [0.1, 0.15) is 25.8 Å². The lowest BCUT2D eigenvalue weighted by Crippen LogP contribution is -2.37. The molecule has 1 fully saturated rings. The molecule has 2 N–H and O–H groups in total. The molecule has 1 atom stereocenters. The Morgan fingerprint density at radius 2 is 1.79 bits per heavy atom. The number of para-hydroxylation sites is 1. The van der Waals surface area contributed by atoms with Gasteiger partial charge in [-0.2, -0.15) is 0 Å². The molecule has 1 aliphatic rings. The van der Waals surface area contributed by atoms with Crippen LogP contribution in [0.4, 0.5) is 19.3 Å². The van der Waals surface area contributed by atoms with Crippen LogP contribution in [0.3, 0.4) is 0 Å². The first-order valence-corrected chi connectivity index (χ1v) is 7.90. The average molecular weight is 330 g/mol. The molecule has 0 radical (unpaired) electrons. The third-order valence-electron chi connectivity index (χ3n) is 4.94. The number of amides is 2. The molecule has 5 heteroatoms. The quantitative estimate of drug-likeness (QED) is 0.854. The highest BCUT2D eigenvalue weighted by molar-refractivity contribution is 5.89. The predicted octanol–water partition coefficient (Wildman–Crippen LogP) is 4.45. The minimum Gasteiger partial charge on any atom is -0.337 e. The monoisotopic (exact) mass is 330 g/mol. The number of anilines is 1. The topological polar surface area (TPSA) is 41.1 Å². The van der Waals surface area contributed by atoms with E-state index in [1.165, 1.54) is 12.1 Å². The lowest BCUT2D eigenvalue weighted by atomic mass is 9.87. The van der Waals surface area contributed by atoms with Crippen LogP contribution < -0.4 is 10.6 Å². The van der Waals surface area contributed by atoms with Gasteiger partial charge < -0.3 is 10.6 Å². The largest absolute Gasteiger partial charge is 0.337 e. The number of urea groups is 1. The van der Waals surface area contributed by atoms with E-state index in [4.69, 9.17) is 0 Å². The van der Waals surface area contributed by atoms with Crippen molar-refractivity contribution in [2.75, 3.05) is 11.9 Å². The standard InChI is InChI=1S/C19H20F2N2O/c1-18(2)11-19(18,15-9-8-13(20)10-16(15)21)12-22-17(24)23-14-6-4-3-5-7-14/h3-10H,11-12H2,1-2H3,(H2,22,23,24). The summed E-state index contributed by atoms with van der Waals surface area (Å²) in [5.74, 6) is -1.16. The molecule has 3 rings (SSSR count). The van der Waals surface area contributed by atoms with Crippen molar-refractivity contribution in [1.29, 1.82) is 0 Å². The average Bonchev–Trinajstić information content (AvgIpc) is 3.08. The minimum atomic E-state index is -0.598. The molecule has 3 nitrogen and oxygen atoms in total. The van der Waals surface area contributed by atoms with E-state index in [1.54, 1.807) is 12.1 Å². The van der Waals surface area contributed by atoms with Crippen LogP contribution in [0.5, 0.6) is 0 Å². The summed E-state index contributed by atoms with van der Waals surface area (Å²) in [6.45, 7) is 4.33. The summed E-state index contributed by atoms with van der Waals surface area (Å²) in [4.78, 5) is 12.1. The Morgan fingerprint density at radius 3 is 2.38 bits per heavy atom. The molecule has 2 aromatic carbocycles. The van der Waals surface area contributed by atoms with Crippen LogP contribution >= 0.6 is 0 Å². The van der Waals surface area contributed by atoms with Crippen molar-refractivity contribution >= 4 is 11.7 Å². The van der Waals surface area contributed by atoms with Crippen LogP contribution in [-0.2, 0) is 5.41 Å². The lowest BCUT2D eigenvalue weighted by Gasteiger charge is -2.22. The third kappa shape index (κ3) is 2.98. The van der Waals surface area contributed by atoms with E-state index in [9.17, 15) is 13.6 Å². The van der Waals surface area contributed by atoms with Crippen LogP contribution in [0, 0.1) is 17.0 Å². The van der Waals surface area contributed by atoms with Crippen LogP contribution in [0.2, 0.25) is 0 Å². The van der Waals surface area contributed by atoms with Gasteiger partial charge in [0.05, 0.1) is 0 Å². The Labute approximate surface area is 140 Å². The maximum atomic E-state index is 14.2. The molecule has 0 spiro atoms. The molecule has 0 aliphatic heterocycles. The minimum absolute atomic E-state index is 0.161. The molecule has 24 heavy (non-hydrogen) atoms. The second-order valence-corrected chi connectivity index (χ2v) is 6.94. The summed E-state index contributed by atoms with van der Waals surface area (Å²) < 4.78 is 27.4. The summed E-state index contributed by atoms with van der Waals surface area (Å²) in [6.07, 6.45) is 0.730. The molecule has 1 saturated carbocycles. The van der Waals surface area contributed by atoms with Crippen molar-refractivity contribution in [1.82, 2.24) is 5.32 Å². The lowest BCUT2D eigenvalue weighted by molar-refractivity contribution is 0.250. The number of nitrogens with one attached hydrogen (secondary N) is 2. The maximum absolute atomic E-state index is 14.2. The molecule has 2 aromatic rings. The molecule has 0 bridgehead atoms. The van der Waals surface area contributed by atoms with Gasteiger partial charge in [-0.25, -0.2) is 13.6 Å². The molecule has 126 valence electrons. The highest BCUT2D eigenvalue weighted by Gasteiger charge is 2.62. The summed E-state index contributed by atoms with van der Waals surface area (Å²) in [5.41, 5.74) is 0.464. The number of benzene rings is 2. The van der Waals surface area contributed by atoms with Gasteiger partial charge in [0.15, 0.2) is 0 Å². The zero-order valence-corrected chi connectivity index (χ0v) is 13.7. The van der Waals surface area contributed by atoms with Crippen LogP contribution in [-0.4, -0.2) is 12.6 Å². The fraction of sp³-hybridized carbons (Fsp3) is 0.316. The van der Waals surface area contributed by atoms with Crippen molar-refractivity contribution in [3.63, 3.8) is 0 Å². The molecule has 1 unspecified atom stereocenters. The van der Waals surface area contributed by atoms with E-state index < -0.39 is 17.0 Å². The molecule has 0 saturated heterocycles. The van der Waals surface area contributed by atoms with Crippen LogP contribution in [0.25, 0.3) is 0 Å². The first-order valence-electron chi connectivity index (χ1n) is 7.90. The van der Waals surface area contributed by atoms with E-state index in [-0.39, 0.29) is 11.4 Å². The van der Waals surface area contributed by atoms with Gasteiger partial charge in [-0.15, -0.1) is 0 Å². The van der Waals surface area contributed by atoms with Gasteiger partial charge in [-0.1, -0.05) is 38.1 Å². The van der Waals surface area contributed by atoms with E-state index in [1.807, 2.05) is 32.0 Å². The second kappa shape index (κ2) is 5.89. The third-order valence-corrected chi connectivity index (χ3v) is 4.94. The van der Waals surface area contributed by atoms with Crippen LogP contribution in [0.15, 0.2) is 48.5 Å². The highest BCUT2D eigenvalue weighted by Crippen LogP contribution is 2.64. The van der Waals surface area contributed by atoms with Gasteiger partial charge in [0.25, 0.3) is 0 Å². The molecular weight excluding hydrogens is 310 g/mol. The summed E-state index contributed by atoms with van der Waals surface area (Å²) in [5, 5.41) is 5.56. The summed E-state index contributed by atoms with van der Waals surface area (Å²) in [6, 6.07) is 12.4. The fourth-order valence-corrected chi connectivity index (χ4v) is 3.37. The number of carbonyl (C=O) groups excluding carboxylic acids is 1. The van der Waals surface area contributed by atoms with Gasteiger partial charge in [0.1, 0.15) is 11.6 Å². The first-order chi connectivity index (χ1) is 11.3. The molecule has 1 aliphatic carbocycles. The number of hydrogen-bond donors (Lipinski definition) is 2. The van der Waals surface area contributed by atoms with E-state index in [2.05, 4.69) is 10.6 Å². The number of hydrogen-bond acceptors (Lipinski definition) is 1. The Kier molecular flexibility index (Phi) is 4.03. The normalized spacial score (nSPS) is 21.2. The molecule has 0 heterocycles. The Bertz CT molecular complexity index is 761. The van der Waals surface area contributed by atoms with Gasteiger partial charge in [-0.3, -0.25) is 0 Å². The van der Waals surface area contributed by atoms with Crippen molar-refractivity contribution < 1.29 is 13.6 Å². The second-order valence-electron chi connectivity index (χ2n) is 6.94. The fourth-order valence-electron chi connectivity index (χ4n) is 3.37. The van der Waals surface area contributed by atoms with Crippen molar-refractivity contribution in [2.45, 2.75) is 25.7 Å². The smallest absolute Gasteiger partial charge is 0.319 e. The van der Waals surface area contributed by atoms with Gasteiger partial charge in [0.2, 0.25) is 0 Å². The zero-order chi connectivity index (χ0) is 17.4. The first kappa shape index (κ1) is 16.4. The highest BCUT2D eigenvalue weighted by atomic mass is 19.1. The van der Waals surface area contributed by atoms with E-state index in [0.717, 1.165) is 12.5 Å². The maximum Gasteiger partial charge on any atom is 0.319 e. The van der Waals surface area contributed by atoms with Gasteiger partial charge in [-0.05, 0) is 35.6 Å². The molecule has 0 aromatic heterocycles.